The summed E-state index contributed by atoms with van der Waals surface area (Å²) in [6.45, 7) is 1.15. The number of anilines is 2. The third-order valence-corrected chi connectivity index (χ3v) is 5.61. The maximum atomic E-state index is 12.9. The lowest BCUT2D eigenvalue weighted by Gasteiger charge is -2.31. The Morgan fingerprint density at radius 1 is 1.24 bits per heavy atom. The van der Waals surface area contributed by atoms with E-state index >= 15 is 0 Å². The first-order valence-corrected chi connectivity index (χ1v) is 10.5. The predicted octanol–water partition coefficient (Wildman–Crippen LogP) is 2.85. The van der Waals surface area contributed by atoms with E-state index in [1.165, 1.54) is 6.26 Å². The van der Waals surface area contributed by atoms with Gasteiger partial charge in [0.1, 0.15) is 6.07 Å². The van der Waals surface area contributed by atoms with E-state index in [1.807, 2.05) is 29.2 Å². The second kappa shape index (κ2) is 8.58. The highest BCUT2D eigenvalue weighted by molar-refractivity contribution is 5.93. The Hall–Kier alpha value is -4.46. The zero-order chi connectivity index (χ0) is 22.8. The van der Waals surface area contributed by atoms with E-state index < -0.39 is 0 Å². The molecule has 1 aliphatic rings. The van der Waals surface area contributed by atoms with Gasteiger partial charge in [-0.3, -0.25) is 4.79 Å². The number of nitrogens with one attached hydrogen (secondary N) is 1. The van der Waals surface area contributed by atoms with Crippen LogP contribution in [0.15, 0.2) is 51.5 Å². The largest absolute Gasteiger partial charge is 0.459 e. The van der Waals surface area contributed by atoms with Crippen LogP contribution in [0.4, 0.5) is 11.6 Å². The summed E-state index contributed by atoms with van der Waals surface area (Å²) in [5.41, 5.74) is 1.71. The van der Waals surface area contributed by atoms with Gasteiger partial charge in [0.2, 0.25) is 17.5 Å². The summed E-state index contributed by atoms with van der Waals surface area (Å²) in [4.78, 5) is 19.1. The minimum atomic E-state index is -0.153. The molecule has 4 heterocycles. The normalized spacial score (nSPS) is 14.2. The summed E-state index contributed by atoms with van der Waals surface area (Å²) in [6.07, 6.45) is 2.77. The van der Waals surface area contributed by atoms with Crippen LogP contribution in [0, 0.1) is 17.2 Å². The molecule has 0 atom stereocenters. The van der Waals surface area contributed by atoms with Crippen molar-refractivity contribution in [3.05, 3.63) is 48.4 Å². The number of furan rings is 1. The number of amides is 1. The maximum absolute atomic E-state index is 12.9. The van der Waals surface area contributed by atoms with Crippen LogP contribution in [-0.4, -0.2) is 44.2 Å². The van der Waals surface area contributed by atoms with Gasteiger partial charge in [0.05, 0.1) is 6.26 Å². The molecule has 3 aromatic heterocycles. The smallest absolute Gasteiger partial charge is 0.266 e. The number of benzene rings is 1. The Kier molecular flexibility index (Phi) is 5.32. The molecule has 11 nitrogen and oxygen atoms in total. The van der Waals surface area contributed by atoms with Crippen LogP contribution >= 0.6 is 0 Å². The summed E-state index contributed by atoms with van der Waals surface area (Å²) < 4.78 is 12.7. The molecular formula is C22H20N8O3. The van der Waals surface area contributed by atoms with Gasteiger partial charge >= 0.3 is 0 Å². The Labute approximate surface area is 188 Å². The summed E-state index contributed by atoms with van der Waals surface area (Å²) in [7, 11) is 1.76. The molecule has 1 aliphatic heterocycles. The van der Waals surface area contributed by atoms with Crippen molar-refractivity contribution in [3.63, 3.8) is 0 Å². The zero-order valence-electron chi connectivity index (χ0n) is 17.8. The van der Waals surface area contributed by atoms with Crippen molar-refractivity contribution < 1.29 is 13.6 Å². The van der Waals surface area contributed by atoms with Crippen molar-refractivity contribution in [3.8, 4) is 29.1 Å². The Bertz CT molecular complexity index is 1310. The summed E-state index contributed by atoms with van der Waals surface area (Å²) in [6, 6.07) is 13.0. The molecular weight excluding hydrogens is 424 g/mol. The van der Waals surface area contributed by atoms with Crippen LogP contribution < -0.4 is 10.2 Å². The van der Waals surface area contributed by atoms with Crippen LogP contribution in [0.1, 0.15) is 18.5 Å². The highest BCUT2D eigenvalue weighted by atomic mass is 16.4. The lowest BCUT2D eigenvalue weighted by molar-refractivity contribution is -0.120. The number of carbonyl (C=O) groups excluding carboxylic acids is 1. The number of tetrazole rings is 1. The number of rotatable bonds is 5. The van der Waals surface area contributed by atoms with Gasteiger partial charge in [0.25, 0.3) is 5.89 Å². The Balaban J connectivity index is 1.24. The summed E-state index contributed by atoms with van der Waals surface area (Å²) >= 11 is 0. The topological polar surface area (TPSA) is 139 Å². The van der Waals surface area contributed by atoms with Gasteiger partial charge in [0, 0.05) is 37.3 Å². The minimum absolute atomic E-state index is 0.0442. The van der Waals surface area contributed by atoms with Crippen molar-refractivity contribution in [2.24, 2.45) is 13.0 Å². The van der Waals surface area contributed by atoms with E-state index in [0.717, 1.165) is 5.56 Å². The number of carbonyl (C=O) groups is 1. The number of piperidine rings is 1. The molecule has 1 N–H and O–H groups in total. The summed E-state index contributed by atoms with van der Waals surface area (Å²) in [5.74, 6) is 1.56. The summed E-state index contributed by atoms with van der Waals surface area (Å²) in [5, 5.41) is 24.0. The SMILES string of the molecule is Cn1nnnc1-c1cccc(NC(=O)C2CCN(c3oc(-c4ccco4)nc3C#N)CC2)c1. The molecule has 166 valence electrons. The molecule has 0 spiro atoms. The van der Waals surface area contributed by atoms with Crippen molar-refractivity contribution in [2.75, 3.05) is 23.3 Å². The first-order chi connectivity index (χ1) is 16.1. The van der Waals surface area contributed by atoms with E-state index in [-0.39, 0.29) is 23.4 Å². The lowest BCUT2D eigenvalue weighted by Crippen LogP contribution is -2.38. The van der Waals surface area contributed by atoms with Crippen molar-refractivity contribution >= 4 is 17.5 Å². The van der Waals surface area contributed by atoms with E-state index in [1.54, 1.807) is 23.9 Å². The van der Waals surface area contributed by atoms with Crippen LogP contribution in [0.3, 0.4) is 0 Å². The van der Waals surface area contributed by atoms with E-state index in [4.69, 9.17) is 8.83 Å². The van der Waals surface area contributed by atoms with Gasteiger partial charge in [-0.05, 0) is 47.5 Å². The first kappa shape index (κ1) is 20.4. The average Bonchev–Trinajstić information content (AvgIpc) is 3.60. The Morgan fingerprint density at radius 2 is 2.09 bits per heavy atom. The number of nitrogens with zero attached hydrogens (tertiary/aromatic N) is 7. The molecule has 0 bridgehead atoms. The molecule has 1 amide bonds. The fraction of sp³-hybridized carbons (Fsp3) is 0.273. The van der Waals surface area contributed by atoms with E-state index in [2.05, 4.69) is 31.9 Å². The molecule has 0 aliphatic carbocycles. The molecule has 1 fully saturated rings. The van der Waals surface area contributed by atoms with E-state index in [9.17, 15) is 10.1 Å². The molecule has 1 aromatic carbocycles. The van der Waals surface area contributed by atoms with Crippen molar-refractivity contribution in [2.45, 2.75) is 12.8 Å². The van der Waals surface area contributed by atoms with E-state index in [0.29, 0.717) is 49.1 Å². The molecule has 0 saturated carbocycles. The first-order valence-electron chi connectivity index (χ1n) is 10.5. The predicted molar refractivity (Wildman–Crippen MR) is 117 cm³/mol. The number of aromatic nitrogens is 5. The third-order valence-electron chi connectivity index (χ3n) is 5.61. The monoisotopic (exact) mass is 444 g/mol. The van der Waals surface area contributed by atoms with Crippen molar-refractivity contribution in [1.82, 2.24) is 25.2 Å². The number of oxazole rings is 1. The Morgan fingerprint density at radius 3 is 2.79 bits per heavy atom. The fourth-order valence-corrected chi connectivity index (χ4v) is 3.90. The number of hydrogen-bond donors (Lipinski definition) is 1. The van der Waals surface area contributed by atoms with Crippen molar-refractivity contribution in [1.29, 1.82) is 5.26 Å². The number of hydrogen-bond acceptors (Lipinski definition) is 9. The molecule has 0 radical (unpaired) electrons. The average molecular weight is 444 g/mol. The number of aryl methyl sites for hydroxylation is 1. The van der Waals surface area contributed by atoms with Crippen LogP contribution in [0.5, 0.6) is 0 Å². The third kappa shape index (κ3) is 4.06. The van der Waals surface area contributed by atoms with Gasteiger partial charge in [0.15, 0.2) is 11.6 Å². The fourth-order valence-electron chi connectivity index (χ4n) is 3.90. The maximum Gasteiger partial charge on any atom is 0.266 e. The van der Waals surface area contributed by atoms with Gasteiger partial charge < -0.3 is 19.1 Å². The standard InChI is InChI=1S/C22H20N8O3/c1-29-19(26-27-28-29)15-4-2-5-16(12-15)24-20(31)14-7-9-30(10-8-14)22-17(13-23)25-21(33-22)18-6-3-11-32-18/h2-6,11-12,14H,7-10H2,1H3,(H,24,31). The molecule has 33 heavy (non-hydrogen) atoms. The molecule has 0 unspecified atom stereocenters. The van der Waals surface area contributed by atoms with Crippen LogP contribution in [0.25, 0.3) is 23.0 Å². The molecule has 11 heteroatoms. The zero-order valence-corrected chi connectivity index (χ0v) is 17.8. The van der Waals surface area contributed by atoms with Gasteiger partial charge in [-0.25, -0.2) is 4.68 Å². The molecule has 4 aromatic rings. The van der Waals surface area contributed by atoms with Crippen LogP contribution in [-0.2, 0) is 11.8 Å². The molecule has 1 saturated heterocycles. The lowest BCUT2D eigenvalue weighted by atomic mass is 9.95. The highest BCUT2D eigenvalue weighted by Crippen LogP contribution is 2.31. The quantitative estimate of drug-likeness (QED) is 0.492. The minimum Gasteiger partial charge on any atom is -0.459 e. The second-order valence-corrected chi connectivity index (χ2v) is 7.72. The second-order valence-electron chi connectivity index (χ2n) is 7.72. The van der Waals surface area contributed by atoms with Gasteiger partial charge in [-0.15, -0.1) is 5.10 Å². The van der Waals surface area contributed by atoms with Crippen LogP contribution in [0.2, 0.25) is 0 Å². The highest BCUT2D eigenvalue weighted by Gasteiger charge is 2.29. The number of nitriles is 1. The molecule has 5 rings (SSSR count). The van der Waals surface area contributed by atoms with Gasteiger partial charge in [-0.2, -0.15) is 10.2 Å². The van der Waals surface area contributed by atoms with Gasteiger partial charge in [-0.1, -0.05) is 12.1 Å².